The molecule has 0 saturated carbocycles. The van der Waals surface area contributed by atoms with Crippen molar-refractivity contribution in [2.45, 2.75) is 18.9 Å². The normalized spacial score (nSPS) is 12.3. The van der Waals surface area contributed by atoms with Crippen molar-refractivity contribution in [3.8, 4) is 0 Å². The lowest BCUT2D eigenvalue weighted by atomic mass is 9.90. The van der Waals surface area contributed by atoms with Gasteiger partial charge in [-0.1, -0.05) is 48.0 Å². The molecular weight excluding hydrogens is 456 g/mol. The molecule has 8 heteroatoms. The van der Waals surface area contributed by atoms with Crippen LogP contribution in [0.4, 0.5) is 0 Å². The van der Waals surface area contributed by atoms with Gasteiger partial charge in [0.2, 0.25) is 5.91 Å². The van der Waals surface area contributed by atoms with E-state index in [1.807, 2.05) is 54.0 Å². The van der Waals surface area contributed by atoms with Gasteiger partial charge in [0.05, 0.1) is 11.7 Å². The average molecular weight is 477 g/mol. The first-order valence-corrected chi connectivity index (χ1v) is 11.9. The van der Waals surface area contributed by atoms with Gasteiger partial charge in [0.1, 0.15) is 4.83 Å². The fourth-order valence-corrected chi connectivity index (χ4v) is 5.10. The number of amides is 1. The molecule has 0 saturated heterocycles. The molecule has 0 radical (unpaired) electrons. The van der Waals surface area contributed by atoms with E-state index in [2.05, 4.69) is 21.4 Å². The molecule has 1 unspecified atom stereocenters. The van der Waals surface area contributed by atoms with E-state index in [1.54, 1.807) is 6.07 Å². The monoisotopic (exact) mass is 476 g/mol. The highest BCUT2D eigenvalue weighted by molar-refractivity contribution is 7.16. The van der Waals surface area contributed by atoms with Crippen LogP contribution in [-0.2, 0) is 11.3 Å². The van der Waals surface area contributed by atoms with Crippen LogP contribution < -0.4 is 10.9 Å². The van der Waals surface area contributed by atoms with Crippen molar-refractivity contribution in [1.29, 1.82) is 0 Å². The number of halogens is 1. The summed E-state index contributed by atoms with van der Waals surface area (Å²) in [7, 11) is 0. The largest absolute Gasteiger partial charge is 0.361 e. The minimum Gasteiger partial charge on any atom is -0.361 e. The van der Waals surface area contributed by atoms with Crippen LogP contribution >= 0.6 is 22.9 Å². The molecule has 0 aliphatic rings. The molecule has 5 aromatic rings. The number of hydrogen-bond acceptors (Lipinski definition) is 4. The van der Waals surface area contributed by atoms with Crippen LogP contribution in [0.25, 0.3) is 21.1 Å². The molecule has 3 aromatic heterocycles. The van der Waals surface area contributed by atoms with Gasteiger partial charge in [-0.05, 0) is 34.7 Å². The lowest BCUT2D eigenvalue weighted by Gasteiger charge is -2.19. The first kappa shape index (κ1) is 21.4. The predicted molar refractivity (Wildman–Crippen MR) is 133 cm³/mol. The highest BCUT2D eigenvalue weighted by Gasteiger charge is 2.21. The van der Waals surface area contributed by atoms with Crippen molar-refractivity contribution in [3.05, 3.63) is 99.0 Å². The summed E-state index contributed by atoms with van der Waals surface area (Å²) in [6, 6.07) is 17.5. The zero-order valence-electron chi connectivity index (χ0n) is 17.6. The van der Waals surface area contributed by atoms with Crippen LogP contribution in [0.5, 0.6) is 0 Å². The summed E-state index contributed by atoms with van der Waals surface area (Å²) in [4.78, 5) is 33.6. The van der Waals surface area contributed by atoms with Crippen molar-refractivity contribution in [2.24, 2.45) is 0 Å². The van der Waals surface area contributed by atoms with Crippen LogP contribution in [0.2, 0.25) is 5.02 Å². The van der Waals surface area contributed by atoms with Crippen LogP contribution in [0.1, 0.15) is 23.5 Å². The Morgan fingerprint density at radius 3 is 2.79 bits per heavy atom. The summed E-state index contributed by atoms with van der Waals surface area (Å²) in [6.45, 7) is 0.661. The van der Waals surface area contributed by atoms with Crippen molar-refractivity contribution < 1.29 is 4.79 Å². The third-order valence-electron chi connectivity index (χ3n) is 5.81. The summed E-state index contributed by atoms with van der Waals surface area (Å²) in [5, 5.41) is 7.22. The van der Waals surface area contributed by atoms with Gasteiger partial charge < -0.3 is 10.3 Å². The molecule has 0 bridgehead atoms. The first-order chi connectivity index (χ1) is 16.1. The summed E-state index contributed by atoms with van der Waals surface area (Å²) >= 11 is 7.96. The fourth-order valence-electron chi connectivity index (χ4n) is 4.11. The Morgan fingerprint density at radius 2 is 1.91 bits per heavy atom. The van der Waals surface area contributed by atoms with E-state index in [4.69, 9.17) is 11.6 Å². The van der Waals surface area contributed by atoms with Crippen molar-refractivity contribution in [1.82, 2.24) is 19.9 Å². The highest BCUT2D eigenvalue weighted by atomic mass is 35.5. The van der Waals surface area contributed by atoms with Crippen LogP contribution in [0, 0.1) is 0 Å². The molecule has 0 aliphatic heterocycles. The number of aromatic amines is 1. The highest BCUT2D eigenvalue weighted by Crippen LogP contribution is 2.34. The third-order valence-corrected chi connectivity index (χ3v) is 6.98. The smallest absolute Gasteiger partial charge is 0.262 e. The fraction of sp³-hybridized carbons (Fsp3) is 0.160. The van der Waals surface area contributed by atoms with E-state index < -0.39 is 0 Å². The maximum Gasteiger partial charge on any atom is 0.262 e. The van der Waals surface area contributed by atoms with Gasteiger partial charge >= 0.3 is 0 Å². The molecule has 5 rings (SSSR count). The molecule has 1 amide bonds. The predicted octanol–water partition coefficient (Wildman–Crippen LogP) is 4.93. The zero-order chi connectivity index (χ0) is 22.8. The van der Waals surface area contributed by atoms with E-state index in [-0.39, 0.29) is 30.3 Å². The van der Waals surface area contributed by atoms with E-state index >= 15 is 0 Å². The number of carbonyl (C=O) groups excluding carboxylic acids is 1. The van der Waals surface area contributed by atoms with Gasteiger partial charge in [0.25, 0.3) is 5.56 Å². The molecule has 0 spiro atoms. The van der Waals surface area contributed by atoms with Gasteiger partial charge in [-0.25, -0.2) is 4.98 Å². The molecule has 3 heterocycles. The summed E-state index contributed by atoms with van der Waals surface area (Å²) in [5.41, 5.74) is 2.93. The molecule has 0 aliphatic carbocycles. The summed E-state index contributed by atoms with van der Waals surface area (Å²) < 4.78 is 1.49. The molecule has 0 fully saturated rings. The van der Waals surface area contributed by atoms with E-state index in [0.717, 1.165) is 22.0 Å². The maximum absolute atomic E-state index is 12.7. The van der Waals surface area contributed by atoms with E-state index in [0.29, 0.717) is 21.8 Å². The summed E-state index contributed by atoms with van der Waals surface area (Å²) in [5.74, 6) is -0.255. The number of thiophene rings is 1. The van der Waals surface area contributed by atoms with E-state index in [1.165, 1.54) is 22.2 Å². The SMILES string of the molecule is O=C(CCn1cnc2sccc2c1=O)NCC(c1ccccc1Cl)c1c[nH]c2ccccc12. The maximum atomic E-state index is 12.7. The second kappa shape index (κ2) is 9.21. The Kier molecular flexibility index (Phi) is 5.98. The lowest BCUT2D eigenvalue weighted by molar-refractivity contribution is -0.121. The Bertz CT molecular complexity index is 1500. The molecule has 166 valence electrons. The molecular formula is C25H21ClN4O2S. The van der Waals surface area contributed by atoms with Crippen molar-refractivity contribution >= 4 is 50.0 Å². The third kappa shape index (κ3) is 4.29. The molecule has 33 heavy (non-hydrogen) atoms. The van der Waals surface area contributed by atoms with Crippen molar-refractivity contribution in [3.63, 3.8) is 0 Å². The van der Waals surface area contributed by atoms with E-state index in [9.17, 15) is 9.59 Å². The number of nitrogens with one attached hydrogen (secondary N) is 2. The zero-order valence-corrected chi connectivity index (χ0v) is 19.2. The molecule has 2 aromatic carbocycles. The number of benzene rings is 2. The van der Waals surface area contributed by atoms with Crippen LogP contribution in [0.15, 0.2) is 77.3 Å². The minimum absolute atomic E-state index is 0.120. The Balaban J connectivity index is 1.34. The number of para-hydroxylation sites is 1. The van der Waals surface area contributed by atoms with Crippen LogP contribution in [-0.4, -0.2) is 27.0 Å². The first-order valence-electron chi connectivity index (χ1n) is 10.6. The topological polar surface area (TPSA) is 79.8 Å². The average Bonchev–Trinajstić information content (AvgIpc) is 3.48. The van der Waals surface area contributed by atoms with Gasteiger partial charge in [0, 0.05) is 47.6 Å². The van der Waals surface area contributed by atoms with Gasteiger partial charge in [0.15, 0.2) is 0 Å². The van der Waals surface area contributed by atoms with Gasteiger partial charge in [-0.3, -0.25) is 14.2 Å². The second-order valence-corrected chi connectivity index (χ2v) is 9.10. The number of aromatic nitrogens is 3. The number of H-pyrrole nitrogens is 1. The molecule has 6 nitrogen and oxygen atoms in total. The lowest BCUT2D eigenvalue weighted by Crippen LogP contribution is -2.31. The Morgan fingerprint density at radius 1 is 1.09 bits per heavy atom. The van der Waals surface area contributed by atoms with Gasteiger partial charge in [-0.2, -0.15) is 0 Å². The van der Waals surface area contributed by atoms with Gasteiger partial charge in [-0.15, -0.1) is 11.3 Å². The Labute approximate surface area is 198 Å². The number of carbonyl (C=O) groups is 1. The number of nitrogens with zero attached hydrogens (tertiary/aromatic N) is 2. The van der Waals surface area contributed by atoms with Crippen molar-refractivity contribution in [2.75, 3.05) is 6.54 Å². The Hall–Kier alpha value is -3.42. The number of fused-ring (bicyclic) bond motifs is 2. The number of hydrogen-bond donors (Lipinski definition) is 2. The molecule has 2 N–H and O–H groups in total. The quantitative estimate of drug-likeness (QED) is 0.349. The second-order valence-electron chi connectivity index (χ2n) is 7.80. The number of aryl methyl sites for hydroxylation is 1. The number of rotatable bonds is 7. The molecule has 1 atom stereocenters. The standard InChI is InChI=1S/C25H21ClN4O2S/c26-21-7-3-1-5-16(21)19(20-13-27-22-8-4-2-6-17(20)22)14-28-23(31)9-11-30-15-29-24-18(25(30)32)10-12-33-24/h1-8,10,12-13,15,19,27H,9,11,14H2,(H,28,31). The van der Waals surface area contributed by atoms with Crippen LogP contribution in [0.3, 0.4) is 0 Å². The summed E-state index contributed by atoms with van der Waals surface area (Å²) in [6.07, 6.45) is 3.67. The minimum atomic E-state index is -0.135.